The van der Waals surface area contributed by atoms with Crippen LogP contribution in [0.15, 0.2) is 87.8 Å². The monoisotopic (exact) mass is 448 g/mol. The molecule has 1 heterocycles. The van der Waals surface area contributed by atoms with Gasteiger partial charge < -0.3 is 14.3 Å². The summed E-state index contributed by atoms with van der Waals surface area (Å²) in [7, 11) is 0. The highest BCUT2D eigenvalue weighted by atomic mass is 79.9. The Labute approximate surface area is 176 Å². The van der Waals surface area contributed by atoms with Crippen LogP contribution in [-0.2, 0) is 6.61 Å². The second-order valence-corrected chi connectivity index (χ2v) is 7.41. The number of hydrogen-bond donors (Lipinski definition) is 1. The maximum Gasteiger partial charge on any atom is 0.185 e. The second kappa shape index (κ2) is 8.37. The number of carbonyl (C=O) groups excluding carboxylic acids is 1. The van der Waals surface area contributed by atoms with E-state index in [1.165, 1.54) is 18.2 Å². The molecule has 144 valence electrons. The van der Waals surface area contributed by atoms with Crippen LogP contribution in [0.2, 0.25) is 0 Å². The van der Waals surface area contributed by atoms with Gasteiger partial charge in [-0.1, -0.05) is 28.1 Å². The molecular weight excluding hydrogens is 432 g/mol. The van der Waals surface area contributed by atoms with Crippen LogP contribution in [0.25, 0.3) is 16.8 Å². The molecule has 4 nitrogen and oxygen atoms in total. The first kappa shape index (κ1) is 19.0. The number of halogens is 1. The van der Waals surface area contributed by atoms with E-state index in [-0.39, 0.29) is 11.5 Å². The zero-order valence-electron chi connectivity index (χ0n) is 15.3. The van der Waals surface area contributed by atoms with Gasteiger partial charge in [0.25, 0.3) is 0 Å². The van der Waals surface area contributed by atoms with Crippen LogP contribution in [0.3, 0.4) is 0 Å². The molecule has 1 N–H and O–H groups in total. The van der Waals surface area contributed by atoms with E-state index < -0.39 is 0 Å². The molecule has 0 bridgehead atoms. The summed E-state index contributed by atoms with van der Waals surface area (Å²) in [6, 6.07) is 21.7. The Morgan fingerprint density at radius 1 is 0.966 bits per heavy atom. The summed E-state index contributed by atoms with van der Waals surface area (Å²) in [5.74, 6) is 1.95. The fourth-order valence-corrected chi connectivity index (χ4v) is 3.26. The van der Waals surface area contributed by atoms with Crippen molar-refractivity contribution < 1.29 is 19.1 Å². The van der Waals surface area contributed by atoms with E-state index in [1.54, 1.807) is 24.3 Å². The van der Waals surface area contributed by atoms with Crippen LogP contribution in [0.4, 0.5) is 0 Å². The summed E-state index contributed by atoms with van der Waals surface area (Å²) >= 11 is 3.47. The molecule has 0 aliphatic heterocycles. The van der Waals surface area contributed by atoms with Gasteiger partial charge in [-0.15, -0.1) is 0 Å². The Kier molecular flexibility index (Phi) is 5.49. The minimum Gasteiger partial charge on any atom is -0.508 e. The summed E-state index contributed by atoms with van der Waals surface area (Å²) in [5, 5.41) is 11.5. The standard InChI is InChI=1S/C24H17BrO4/c25-19-5-1-18-14-22(8-4-17(18)13-19)28-15-23-10-9-21(29-23)11-12-24(27)16-2-6-20(26)7-3-16/h1-14,26H,15H2/b12-11+. The summed E-state index contributed by atoms with van der Waals surface area (Å²) < 4.78 is 12.6. The first-order chi connectivity index (χ1) is 14.1. The number of carbonyl (C=O) groups is 1. The van der Waals surface area contributed by atoms with Gasteiger partial charge in [-0.3, -0.25) is 4.79 Å². The van der Waals surface area contributed by atoms with Crippen molar-refractivity contribution in [1.82, 2.24) is 0 Å². The smallest absolute Gasteiger partial charge is 0.185 e. The van der Waals surface area contributed by atoms with Gasteiger partial charge in [0.1, 0.15) is 29.6 Å². The topological polar surface area (TPSA) is 59.7 Å². The predicted octanol–water partition coefficient (Wildman–Crippen LogP) is 6.38. The molecule has 3 aromatic carbocycles. The third kappa shape index (κ3) is 4.76. The number of furan rings is 1. The van der Waals surface area contributed by atoms with Crippen LogP contribution in [0.5, 0.6) is 11.5 Å². The van der Waals surface area contributed by atoms with Crippen LogP contribution >= 0.6 is 15.9 Å². The SMILES string of the molecule is O=C(/C=C/c1ccc(COc2ccc3cc(Br)ccc3c2)o1)c1ccc(O)cc1. The molecule has 4 rings (SSSR count). The van der Waals surface area contributed by atoms with Crippen LogP contribution in [0, 0.1) is 0 Å². The number of rotatable bonds is 6. The van der Waals surface area contributed by atoms with E-state index in [4.69, 9.17) is 9.15 Å². The largest absolute Gasteiger partial charge is 0.508 e. The molecule has 0 unspecified atom stereocenters. The average molecular weight is 449 g/mol. The summed E-state index contributed by atoms with van der Waals surface area (Å²) in [4.78, 5) is 12.1. The van der Waals surface area contributed by atoms with Crippen molar-refractivity contribution in [3.8, 4) is 11.5 Å². The van der Waals surface area contributed by atoms with Gasteiger partial charge in [0.2, 0.25) is 0 Å². The van der Waals surface area contributed by atoms with Crippen molar-refractivity contribution in [2.45, 2.75) is 6.61 Å². The van der Waals surface area contributed by atoms with Crippen molar-refractivity contribution in [2.75, 3.05) is 0 Å². The minimum absolute atomic E-state index is 0.125. The molecule has 0 saturated carbocycles. The van der Waals surface area contributed by atoms with Crippen molar-refractivity contribution in [1.29, 1.82) is 0 Å². The zero-order valence-corrected chi connectivity index (χ0v) is 16.9. The molecule has 0 atom stereocenters. The maximum absolute atomic E-state index is 12.1. The molecule has 0 aliphatic rings. The number of aromatic hydroxyl groups is 1. The van der Waals surface area contributed by atoms with Crippen LogP contribution < -0.4 is 4.74 Å². The van der Waals surface area contributed by atoms with Crippen molar-refractivity contribution in [2.24, 2.45) is 0 Å². The maximum atomic E-state index is 12.1. The quantitative estimate of drug-likeness (QED) is 0.274. The fraction of sp³-hybridized carbons (Fsp3) is 0.0417. The number of benzene rings is 3. The van der Waals surface area contributed by atoms with Gasteiger partial charge in [-0.05, 0) is 83.6 Å². The highest BCUT2D eigenvalue weighted by Gasteiger charge is 2.05. The van der Waals surface area contributed by atoms with Gasteiger partial charge in [-0.2, -0.15) is 0 Å². The van der Waals surface area contributed by atoms with Gasteiger partial charge in [-0.25, -0.2) is 0 Å². The molecule has 0 amide bonds. The lowest BCUT2D eigenvalue weighted by Gasteiger charge is -2.06. The molecule has 5 heteroatoms. The number of phenols is 1. The number of fused-ring (bicyclic) bond motifs is 1. The lowest BCUT2D eigenvalue weighted by atomic mass is 10.1. The molecule has 0 spiro atoms. The van der Waals surface area contributed by atoms with Gasteiger partial charge in [0.15, 0.2) is 5.78 Å². The Morgan fingerprint density at radius 2 is 1.72 bits per heavy atom. The third-order valence-corrected chi connectivity index (χ3v) is 4.88. The number of allylic oxidation sites excluding steroid dienone is 1. The Morgan fingerprint density at radius 3 is 2.55 bits per heavy atom. The van der Waals surface area contributed by atoms with Crippen LogP contribution in [0.1, 0.15) is 21.9 Å². The number of ether oxygens (including phenoxy) is 1. The summed E-state index contributed by atoms with van der Waals surface area (Å²) in [6.45, 7) is 0.293. The first-order valence-electron chi connectivity index (χ1n) is 8.99. The molecule has 0 fully saturated rings. The molecule has 0 radical (unpaired) electrons. The van der Waals surface area contributed by atoms with E-state index in [0.717, 1.165) is 21.0 Å². The predicted molar refractivity (Wildman–Crippen MR) is 116 cm³/mol. The summed E-state index contributed by atoms with van der Waals surface area (Å²) in [5.41, 5.74) is 0.498. The van der Waals surface area contributed by atoms with E-state index in [1.807, 2.05) is 36.4 Å². The van der Waals surface area contributed by atoms with E-state index in [9.17, 15) is 9.90 Å². The van der Waals surface area contributed by atoms with Crippen LogP contribution in [-0.4, -0.2) is 10.9 Å². The Bertz CT molecular complexity index is 1190. The van der Waals surface area contributed by atoms with Gasteiger partial charge in [0.05, 0.1) is 0 Å². The van der Waals surface area contributed by atoms with Crippen molar-refractivity contribution >= 4 is 38.6 Å². The Hall–Kier alpha value is -3.31. The lowest BCUT2D eigenvalue weighted by Crippen LogP contribution is -1.93. The molecule has 4 aromatic rings. The first-order valence-corrected chi connectivity index (χ1v) is 9.78. The third-order valence-electron chi connectivity index (χ3n) is 4.39. The normalized spacial score (nSPS) is 11.2. The number of hydrogen-bond acceptors (Lipinski definition) is 4. The molecular formula is C24H17BrO4. The fourth-order valence-electron chi connectivity index (χ4n) is 2.88. The average Bonchev–Trinajstić information content (AvgIpc) is 3.19. The Balaban J connectivity index is 1.38. The minimum atomic E-state index is -0.165. The number of ketones is 1. The highest BCUT2D eigenvalue weighted by Crippen LogP contribution is 2.25. The molecule has 29 heavy (non-hydrogen) atoms. The zero-order chi connectivity index (χ0) is 20.2. The lowest BCUT2D eigenvalue weighted by molar-refractivity contribution is 0.104. The van der Waals surface area contributed by atoms with Gasteiger partial charge >= 0.3 is 0 Å². The molecule has 0 saturated heterocycles. The van der Waals surface area contributed by atoms with E-state index >= 15 is 0 Å². The number of phenolic OH excluding ortho intramolecular Hbond substituents is 1. The summed E-state index contributed by atoms with van der Waals surface area (Å²) in [6.07, 6.45) is 3.06. The second-order valence-electron chi connectivity index (χ2n) is 6.49. The molecule has 1 aromatic heterocycles. The van der Waals surface area contributed by atoms with Crippen molar-refractivity contribution in [3.63, 3.8) is 0 Å². The van der Waals surface area contributed by atoms with Gasteiger partial charge in [0, 0.05) is 10.0 Å². The van der Waals surface area contributed by atoms with E-state index in [2.05, 4.69) is 22.0 Å². The highest BCUT2D eigenvalue weighted by molar-refractivity contribution is 9.10. The van der Waals surface area contributed by atoms with E-state index in [0.29, 0.717) is 23.7 Å². The molecule has 0 aliphatic carbocycles. The van der Waals surface area contributed by atoms with Crippen molar-refractivity contribution in [3.05, 3.63) is 100 Å².